The average Bonchev–Trinajstić information content (AvgIpc) is 2.76. The SMILES string of the molecule is Cc1cnc(C(C)NS(=O)(=O)c2ccc(N)cc2)o1. The summed E-state index contributed by atoms with van der Waals surface area (Å²) in [6.07, 6.45) is 1.54. The van der Waals surface area contributed by atoms with E-state index in [-0.39, 0.29) is 4.90 Å². The summed E-state index contributed by atoms with van der Waals surface area (Å²) in [5.41, 5.74) is 6.03. The van der Waals surface area contributed by atoms with Gasteiger partial charge in [-0.05, 0) is 38.1 Å². The Kier molecular flexibility index (Phi) is 3.59. The van der Waals surface area contributed by atoms with Crippen LogP contribution in [0, 0.1) is 6.92 Å². The minimum Gasteiger partial charge on any atom is -0.444 e. The molecule has 3 N–H and O–H groups in total. The number of aromatic nitrogens is 1. The molecule has 0 radical (unpaired) electrons. The first kappa shape index (κ1) is 13.6. The molecule has 1 unspecified atom stereocenters. The first-order valence-corrected chi connectivity index (χ1v) is 7.17. The van der Waals surface area contributed by atoms with Crippen LogP contribution in [0.5, 0.6) is 0 Å². The molecule has 7 heteroatoms. The minimum atomic E-state index is -3.62. The summed E-state index contributed by atoms with van der Waals surface area (Å²) in [5.74, 6) is 0.963. The van der Waals surface area contributed by atoms with Crippen LogP contribution in [-0.4, -0.2) is 13.4 Å². The molecule has 6 nitrogen and oxygen atoms in total. The molecule has 0 aliphatic carbocycles. The summed E-state index contributed by atoms with van der Waals surface area (Å²) < 4.78 is 32.0. The Labute approximate surface area is 111 Å². The van der Waals surface area contributed by atoms with Crippen molar-refractivity contribution in [2.75, 3.05) is 5.73 Å². The fourth-order valence-electron chi connectivity index (χ4n) is 1.57. The van der Waals surface area contributed by atoms with Gasteiger partial charge in [-0.15, -0.1) is 0 Å². The molecule has 0 saturated heterocycles. The summed E-state index contributed by atoms with van der Waals surface area (Å²) in [6, 6.07) is 5.43. The molecule has 0 spiro atoms. The monoisotopic (exact) mass is 281 g/mol. The van der Waals surface area contributed by atoms with E-state index < -0.39 is 16.1 Å². The van der Waals surface area contributed by atoms with Crippen molar-refractivity contribution < 1.29 is 12.8 Å². The van der Waals surface area contributed by atoms with Crippen LogP contribution >= 0.6 is 0 Å². The number of hydrogen-bond acceptors (Lipinski definition) is 5. The Balaban J connectivity index is 2.19. The fraction of sp³-hybridized carbons (Fsp3) is 0.250. The van der Waals surface area contributed by atoms with Crippen molar-refractivity contribution in [2.24, 2.45) is 0 Å². The molecule has 0 aliphatic heterocycles. The standard InChI is InChI=1S/C12H15N3O3S/c1-8-7-14-12(18-8)9(2)15-19(16,17)11-5-3-10(13)4-6-11/h3-7,9,15H,13H2,1-2H3. The molecule has 2 aromatic rings. The van der Waals surface area contributed by atoms with E-state index in [2.05, 4.69) is 9.71 Å². The Morgan fingerprint density at radius 2 is 1.95 bits per heavy atom. The molecule has 102 valence electrons. The summed E-state index contributed by atoms with van der Waals surface area (Å²) in [5, 5.41) is 0. The van der Waals surface area contributed by atoms with Gasteiger partial charge in [0.25, 0.3) is 0 Å². The van der Waals surface area contributed by atoms with E-state index in [0.29, 0.717) is 17.3 Å². The van der Waals surface area contributed by atoms with Gasteiger partial charge < -0.3 is 10.2 Å². The lowest BCUT2D eigenvalue weighted by molar-refractivity contribution is 0.428. The van der Waals surface area contributed by atoms with Crippen molar-refractivity contribution >= 4 is 15.7 Å². The largest absolute Gasteiger partial charge is 0.444 e. The van der Waals surface area contributed by atoms with Crippen LogP contribution in [-0.2, 0) is 10.0 Å². The van der Waals surface area contributed by atoms with E-state index in [0.717, 1.165) is 0 Å². The highest BCUT2D eigenvalue weighted by molar-refractivity contribution is 7.89. The van der Waals surface area contributed by atoms with Crippen LogP contribution in [0.2, 0.25) is 0 Å². The second kappa shape index (κ2) is 5.02. The second-order valence-corrected chi connectivity index (χ2v) is 5.94. The number of nitrogen functional groups attached to an aromatic ring is 1. The number of nitrogens with two attached hydrogens (primary N) is 1. The molecule has 0 bridgehead atoms. The molecule has 1 heterocycles. The number of oxazole rings is 1. The third kappa shape index (κ3) is 3.12. The molecule has 1 aromatic heterocycles. The molecule has 19 heavy (non-hydrogen) atoms. The van der Waals surface area contributed by atoms with E-state index in [1.165, 1.54) is 24.3 Å². The third-order valence-electron chi connectivity index (χ3n) is 2.53. The Morgan fingerprint density at radius 1 is 1.32 bits per heavy atom. The highest BCUT2D eigenvalue weighted by Gasteiger charge is 2.20. The van der Waals surface area contributed by atoms with E-state index in [4.69, 9.17) is 10.2 Å². The molecule has 1 aromatic carbocycles. The van der Waals surface area contributed by atoms with Crippen LogP contribution in [0.25, 0.3) is 0 Å². The van der Waals surface area contributed by atoms with Crippen LogP contribution in [0.1, 0.15) is 24.6 Å². The molecule has 2 rings (SSSR count). The number of nitrogens with one attached hydrogen (secondary N) is 1. The lowest BCUT2D eigenvalue weighted by Gasteiger charge is -2.11. The van der Waals surface area contributed by atoms with Gasteiger partial charge >= 0.3 is 0 Å². The molecular weight excluding hydrogens is 266 g/mol. The van der Waals surface area contributed by atoms with Crippen LogP contribution in [0.3, 0.4) is 0 Å². The molecule has 0 amide bonds. The first-order chi connectivity index (χ1) is 8.88. The van der Waals surface area contributed by atoms with Gasteiger partial charge in [0.05, 0.1) is 17.1 Å². The number of benzene rings is 1. The van der Waals surface area contributed by atoms with Crippen molar-refractivity contribution in [3.63, 3.8) is 0 Å². The molecular formula is C12H15N3O3S. The van der Waals surface area contributed by atoms with Crippen LogP contribution in [0.15, 0.2) is 39.8 Å². The van der Waals surface area contributed by atoms with Gasteiger partial charge in [0, 0.05) is 5.69 Å². The number of aryl methyl sites for hydroxylation is 1. The topological polar surface area (TPSA) is 98.2 Å². The van der Waals surface area contributed by atoms with E-state index in [9.17, 15) is 8.42 Å². The highest BCUT2D eigenvalue weighted by Crippen LogP contribution is 2.17. The highest BCUT2D eigenvalue weighted by atomic mass is 32.2. The quantitative estimate of drug-likeness (QED) is 0.829. The maximum absolute atomic E-state index is 12.1. The van der Waals surface area contributed by atoms with Crippen LogP contribution < -0.4 is 10.5 Å². The second-order valence-electron chi connectivity index (χ2n) is 4.22. The number of hydrogen-bond donors (Lipinski definition) is 2. The number of rotatable bonds is 4. The lowest BCUT2D eigenvalue weighted by Crippen LogP contribution is -2.27. The Bertz CT molecular complexity index is 662. The van der Waals surface area contributed by atoms with Crippen LogP contribution in [0.4, 0.5) is 5.69 Å². The average molecular weight is 281 g/mol. The third-order valence-corrected chi connectivity index (χ3v) is 4.09. The zero-order valence-corrected chi connectivity index (χ0v) is 11.4. The predicted molar refractivity (Wildman–Crippen MR) is 70.8 cm³/mol. The number of nitrogens with zero attached hydrogens (tertiary/aromatic N) is 1. The van der Waals surface area contributed by atoms with E-state index >= 15 is 0 Å². The van der Waals surface area contributed by atoms with E-state index in [1.54, 1.807) is 20.0 Å². The lowest BCUT2D eigenvalue weighted by atomic mass is 10.3. The number of anilines is 1. The fourth-order valence-corrected chi connectivity index (χ4v) is 2.77. The molecule has 1 atom stereocenters. The number of sulfonamides is 1. The van der Waals surface area contributed by atoms with Crippen molar-refractivity contribution in [1.82, 2.24) is 9.71 Å². The van der Waals surface area contributed by atoms with Crippen molar-refractivity contribution in [1.29, 1.82) is 0 Å². The predicted octanol–water partition coefficient (Wildman–Crippen LogP) is 1.60. The van der Waals surface area contributed by atoms with Gasteiger partial charge in [0.15, 0.2) is 0 Å². The van der Waals surface area contributed by atoms with Gasteiger partial charge in [-0.1, -0.05) is 0 Å². The van der Waals surface area contributed by atoms with Gasteiger partial charge in [0.2, 0.25) is 15.9 Å². The van der Waals surface area contributed by atoms with Crippen molar-refractivity contribution in [2.45, 2.75) is 24.8 Å². The van der Waals surface area contributed by atoms with Gasteiger partial charge in [-0.25, -0.2) is 13.4 Å². The normalized spacial score (nSPS) is 13.4. The van der Waals surface area contributed by atoms with Gasteiger partial charge in [-0.3, -0.25) is 0 Å². The smallest absolute Gasteiger partial charge is 0.241 e. The molecule has 0 saturated carbocycles. The zero-order chi connectivity index (χ0) is 14.0. The summed E-state index contributed by atoms with van der Waals surface area (Å²) in [4.78, 5) is 4.14. The maximum atomic E-state index is 12.1. The minimum absolute atomic E-state index is 0.150. The van der Waals surface area contributed by atoms with Crippen molar-refractivity contribution in [3.8, 4) is 0 Å². The van der Waals surface area contributed by atoms with Gasteiger partial charge in [-0.2, -0.15) is 4.72 Å². The summed E-state index contributed by atoms with van der Waals surface area (Å²) >= 11 is 0. The van der Waals surface area contributed by atoms with E-state index in [1.807, 2.05) is 0 Å². The summed E-state index contributed by atoms with van der Waals surface area (Å²) in [7, 11) is -3.62. The molecule has 0 fully saturated rings. The zero-order valence-electron chi connectivity index (χ0n) is 10.6. The molecule has 0 aliphatic rings. The first-order valence-electron chi connectivity index (χ1n) is 5.69. The summed E-state index contributed by atoms with van der Waals surface area (Å²) in [6.45, 7) is 3.41. The Morgan fingerprint density at radius 3 is 2.47 bits per heavy atom. The van der Waals surface area contributed by atoms with Gasteiger partial charge in [0.1, 0.15) is 5.76 Å². The Hall–Kier alpha value is -1.86. The maximum Gasteiger partial charge on any atom is 0.241 e. The van der Waals surface area contributed by atoms with Crippen molar-refractivity contribution in [3.05, 3.63) is 42.1 Å².